The number of nitrogens with one attached hydrogen (secondary N) is 1. The number of rotatable bonds is 7. The molecule has 0 bridgehead atoms. The quantitative estimate of drug-likeness (QED) is 0.765. The number of hydrogen-bond donors (Lipinski definition) is 2. The summed E-state index contributed by atoms with van der Waals surface area (Å²) in [5.41, 5.74) is 2.19. The highest BCUT2D eigenvalue weighted by atomic mass is 16.5. The van der Waals surface area contributed by atoms with E-state index in [9.17, 15) is 0 Å². The average molecular weight is 237 g/mol. The fourth-order valence-electron chi connectivity index (χ4n) is 1.53. The van der Waals surface area contributed by atoms with E-state index in [1.165, 1.54) is 0 Å². The number of methoxy groups -OCH3 is 1. The second-order valence-corrected chi connectivity index (χ2v) is 4.81. The zero-order valence-electron chi connectivity index (χ0n) is 11.0. The summed E-state index contributed by atoms with van der Waals surface area (Å²) in [6, 6.07) is 8.18. The normalized spacial score (nSPS) is 11.5. The average Bonchev–Trinajstić information content (AvgIpc) is 2.32. The highest BCUT2D eigenvalue weighted by Gasteiger charge is 2.14. The van der Waals surface area contributed by atoms with E-state index in [-0.39, 0.29) is 12.2 Å². The molecule has 0 aliphatic rings. The predicted octanol–water partition coefficient (Wildman–Crippen LogP) is 2.45. The molecular formula is C14H23NO2. The van der Waals surface area contributed by atoms with Crippen molar-refractivity contribution in [1.29, 1.82) is 0 Å². The van der Waals surface area contributed by atoms with Gasteiger partial charge in [0.05, 0.1) is 5.60 Å². The minimum Gasteiger partial charge on any atom is -0.396 e. The second-order valence-electron chi connectivity index (χ2n) is 4.81. The van der Waals surface area contributed by atoms with E-state index >= 15 is 0 Å². The summed E-state index contributed by atoms with van der Waals surface area (Å²) >= 11 is 0. The Morgan fingerprint density at radius 1 is 1.24 bits per heavy atom. The molecule has 0 amide bonds. The molecule has 0 aliphatic carbocycles. The molecule has 1 aromatic carbocycles. The Kier molecular flexibility index (Phi) is 5.45. The van der Waals surface area contributed by atoms with E-state index in [1.807, 2.05) is 24.3 Å². The molecule has 0 saturated heterocycles. The Hall–Kier alpha value is -1.06. The fraction of sp³-hybridized carbons (Fsp3) is 0.571. The number of benzene rings is 1. The van der Waals surface area contributed by atoms with Gasteiger partial charge in [0.2, 0.25) is 0 Å². The highest BCUT2D eigenvalue weighted by Crippen LogP contribution is 2.14. The molecule has 2 N–H and O–H groups in total. The molecule has 0 radical (unpaired) electrons. The lowest BCUT2D eigenvalue weighted by atomic mass is 10.1. The monoisotopic (exact) mass is 237 g/mol. The third-order valence-corrected chi connectivity index (χ3v) is 2.96. The highest BCUT2D eigenvalue weighted by molar-refractivity contribution is 5.44. The van der Waals surface area contributed by atoms with Crippen molar-refractivity contribution in [1.82, 2.24) is 0 Å². The molecule has 0 heterocycles. The van der Waals surface area contributed by atoms with Crippen LogP contribution in [0, 0.1) is 0 Å². The lowest BCUT2D eigenvalue weighted by molar-refractivity contribution is 0.0185. The Bertz CT molecular complexity index is 319. The van der Waals surface area contributed by atoms with Gasteiger partial charge in [-0.2, -0.15) is 0 Å². The van der Waals surface area contributed by atoms with Crippen molar-refractivity contribution in [3.05, 3.63) is 29.8 Å². The van der Waals surface area contributed by atoms with Crippen LogP contribution in [0.4, 0.5) is 5.69 Å². The first-order chi connectivity index (χ1) is 8.07. The van der Waals surface area contributed by atoms with Crippen LogP contribution >= 0.6 is 0 Å². The van der Waals surface area contributed by atoms with Crippen LogP contribution in [-0.4, -0.2) is 31.0 Å². The van der Waals surface area contributed by atoms with E-state index in [0.717, 1.165) is 30.6 Å². The molecule has 0 spiro atoms. The Morgan fingerprint density at radius 3 is 2.41 bits per heavy atom. The Morgan fingerprint density at radius 2 is 1.88 bits per heavy atom. The summed E-state index contributed by atoms with van der Waals surface area (Å²) in [7, 11) is 1.74. The van der Waals surface area contributed by atoms with Gasteiger partial charge < -0.3 is 15.2 Å². The van der Waals surface area contributed by atoms with Crippen LogP contribution < -0.4 is 5.32 Å². The summed E-state index contributed by atoms with van der Waals surface area (Å²) < 4.78 is 5.36. The van der Waals surface area contributed by atoms with E-state index in [1.54, 1.807) is 7.11 Å². The first kappa shape index (κ1) is 14.0. The Balaban J connectivity index is 2.37. The van der Waals surface area contributed by atoms with Gasteiger partial charge in [0, 0.05) is 25.9 Å². The van der Waals surface area contributed by atoms with Crippen molar-refractivity contribution in [2.45, 2.75) is 32.3 Å². The fourth-order valence-corrected chi connectivity index (χ4v) is 1.53. The van der Waals surface area contributed by atoms with E-state index in [4.69, 9.17) is 9.84 Å². The summed E-state index contributed by atoms with van der Waals surface area (Å²) in [4.78, 5) is 0. The maximum Gasteiger partial charge on any atom is 0.0639 e. The zero-order chi connectivity index (χ0) is 12.7. The number of aliphatic hydroxyl groups excluding tert-OH is 1. The molecule has 3 nitrogen and oxygen atoms in total. The van der Waals surface area contributed by atoms with Gasteiger partial charge in [-0.1, -0.05) is 12.1 Å². The molecular weight excluding hydrogens is 214 g/mol. The van der Waals surface area contributed by atoms with Crippen molar-refractivity contribution in [3.63, 3.8) is 0 Å². The van der Waals surface area contributed by atoms with Crippen LogP contribution in [0.1, 0.15) is 25.8 Å². The molecule has 0 saturated carbocycles. The second kappa shape index (κ2) is 6.62. The van der Waals surface area contributed by atoms with Crippen LogP contribution in [0.25, 0.3) is 0 Å². The minimum absolute atomic E-state index is 0.0795. The standard InChI is InChI=1S/C14H23NO2/c1-14(2,17-3)9-10-15-13-6-4-12(5-7-13)8-11-16/h4-7,15-16H,8-11H2,1-3H3. The van der Waals surface area contributed by atoms with Gasteiger partial charge in [0.25, 0.3) is 0 Å². The molecule has 96 valence electrons. The molecule has 0 unspecified atom stereocenters. The summed E-state index contributed by atoms with van der Waals surface area (Å²) in [6.07, 6.45) is 1.68. The summed E-state index contributed by atoms with van der Waals surface area (Å²) in [6.45, 7) is 5.26. The van der Waals surface area contributed by atoms with Gasteiger partial charge in [0.15, 0.2) is 0 Å². The SMILES string of the molecule is COC(C)(C)CCNc1ccc(CCO)cc1. The van der Waals surface area contributed by atoms with E-state index in [2.05, 4.69) is 19.2 Å². The predicted molar refractivity (Wildman–Crippen MR) is 71.4 cm³/mol. The molecule has 0 fully saturated rings. The van der Waals surface area contributed by atoms with E-state index < -0.39 is 0 Å². The van der Waals surface area contributed by atoms with Crippen LogP contribution in [0.5, 0.6) is 0 Å². The maximum atomic E-state index is 8.82. The van der Waals surface area contributed by atoms with Gasteiger partial charge in [-0.3, -0.25) is 0 Å². The van der Waals surface area contributed by atoms with Crippen molar-refractivity contribution in [3.8, 4) is 0 Å². The molecule has 3 heteroatoms. The third kappa shape index (κ3) is 5.20. The number of ether oxygens (including phenoxy) is 1. The van der Waals surface area contributed by atoms with Gasteiger partial charge in [-0.25, -0.2) is 0 Å². The number of hydrogen-bond acceptors (Lipinski definition) is 3. The first-order valence-electron chi connectivity index (χ1n) is 6.06. The molecule has 1 rings (SSSR count). The first-order valence-corrected chi connectivity index (χ1v) is 6.06. The summed E-state index contributed by atoms with van der Waals surface area (Å²) in [5, 5.41) is 12.2. The van der Waals surface area contributed by atoms with Crippen molar-refractivity contribution in [2.24, 2.45) is 0 Å². The van der Waals surface area contributed by atoms with Crippen LogP contribution in [0.3, 0.4) is 0 Å². The lowest BCUT2D eigenvalue weighted by Gasteiger charge is -2.23. The molecule has 0 aromatic heterocycles. The molecule has 17 heavy (non-hydrogen) atoms. The zero-order valence-corrected chi connectivity index (χ0v) is 11.0. The Labute approximate surface area is 104 Å². The smallest absolute Gasteiger partial charge is 0.0639 e. The van der Waals surface area contributed by atoms with Gasteiger partial charge in [-0.05, 0) is 44.4 Å². The number of anilines is 1. The third-order valence-electron chi connectivity index (χ3n) is 2.96. The van der Waals surface area contributed by atoms with Gasteiger partial charge >= 0.3 is 0 Å². The maximum absolute atomic E-state index is 8.82. The van der Waals surface area contributed by atoms with Gasteiger partial charge in [0.1, 0.15) is 0 Å². The molecule has 1 aromatic rings. The lowest BCUT2D eigenvalue weighted by Crippen LogP contribution is -2.25. The van der Waals surface area contributed by atoms with E-state index in [0.29, 0.717) is 0 Å². The largest absolute Gasteiger partial charge is 0.396 e. The van der Waals surface area contributed by atoms with Gasteiger partial charge in [-0.15, -0.1) is 0 Å². The van der Waals surface area contributed by atoms with Crippen molar-refractivity contribution in [2.75, 3.05) is 25.6 Å². The van der Waals surface area contributed by atoms with Crippen LogP contribution in [-0.2, 0) is 11.2 Å². The van der Waals surface area contributed by atoms with Crippen LogP contribution in [0.15, 0.2) is 24.3 Å². The van der Waals surface area contributed by atoms with Crippen LogP contribution in [0.2, 0.25) is 0 Å². The molecule has 0 aliphatic heterocycles. The molecule has 0 atom stereocenters. The summed E-state index contributed by atoms with van der Waals surface area (Å²) in [5.74, 6) is 0. The topological polar surface area (TPSA) is 41.5 Å². The minimum atomic E-state index is -0.0795. The number of aliphatic hydroxyl groups is 1. The van der Waals surface area contributed by atoms with Crippen molar-refractivity contribution < 1.29 is 9.84 Å². The van der Waals surface area contributed by atoms with Crippen molar-refractivity contribution >= 4 is 5.69 Å².